The highest BCUT2D eigenvalue weighted by Crippen LogP contribution is 2.26. The topological polar surface area (TPSA) is 143 Å². The van der Waals surface area contributed by atoms with E-state index in [-0.39, 0.29) is 23.9 Å². The van der Waals surface area contributed by atoms with Crippen molar-refractivity contribution in [3.05, 3.63) is 83.2 Å². The molecular weight excluding hydrogens is 404 g/mol. The van der Waals surface area contributed by atoms with Crippen LogP contribution in [0.5, 0.6) is 5.75 Å². The summed E-state index contributed by atoms with van der Waals surface area (Å²) in [6, 6.07) is 18.0. The van der Waals surface area contributed by atoms with Crippen molar-refractivity contribution in [3.8, 4) is 11.4 Å². The van der Waals surface area contributed by atoms with Crippen LogP contribution in [-0.4, -0.2) is 26.4 Å². The molecule has 0 spiro atoms. The van der Waals surface area contributed by atoms with Crippen molar-refractivity contribution < 1.29 is 9.90 Å². The summed E-state index contributed by atoms with van der Waals surface area (Å²) in [6.45, 7) is 2.26. The lowest BCUT2D eigenvalue weighted by Crippen LogP contribution is -2.16. The van der Waals surface area contributed by atoms with Crippen LogP contribution in [0.15, 0.2) is 60.7 Å². The number of hydrogen-bond donors (Lipinski definition) is 5. The Balaban J connectivity index is 1.58. The molecule has 1 heterocycles. The van der Waals surface area contributed by atoms with Gasteiger partial charge in [-0.3, -0.25) is 14.8 Å². The highest BCUT2D eigenvalue weighted by molar-refractivity contribution is 5.96. The molecular formula is C24H24N6O2. The van der Waals surface area contributed by atoms with Gasteiger partial charge in [0.2, 0.25) is 5.91 Å². The number of amides is 1. The minimum absolute atomic E-state index is 0.0158. The van der Waals surface area contributed by atoms with Crippen LogP contribution in [0, 0.1) is 12.3 Å². The van der Waals surface area contributed by atoms with Gasteiger partial charge in [0.15, 0.2) is 0 Å². The molecule has 0 aliphatic carbocycles. The predicted molar refractivity (Wildman–Crippen MR) is 125 cm³/mol. The quantitative estimate of drug-likeness (QED) is 0.237. The maximum atomic E-state index is 12.6. The summed E-state index contributed by atoms with van der Waals surface area (Å²) in [7, 11) is 0. The molecule has 162 valence electrons. The van der Waals surface area contributed by atoms with Crippen LogP contribution in [-0.2, 0) is 17.8 Å². The van der Waals surface area contributed by atoms with Crippen molar-refractivity contribution in [2.45, 2.75) is 19.9 Å². The highest BCUT2D eigenvalue weighted by Gasteiger charge is 2.14. The van der Waals surface area contributed by atoms with Crippen LogP contribution in [0.25, 0.3) is 16.7 Å². The monoisotopic (exact) mass is 428 g/mol. The summed E-state index contributed by atoms with van der Waals surface area (Å²) in [4.78, 5) is 17.2. The summed E-state index contributed by atoms with van der Waals surface area (Å²) >= 11 is 0. The second-order valence-corrected chi connectivity index (χ2v) is 7.54. The van der Waals surface area contributed by atoms with Gasteiger partial charge in [-0.05, 0) is 61.0 Å². The average Bonchev–Trinajstić information content (AvgIpc) is 3.13. The maximum absolute atomic E-state index is 12.6. The Kier molecular flexibility index (Phi) is 5.61. The van der Waals surface area contributed by atoms with Crippen LogP contribution >= 0.6 is 0 Å². The Bertz CT molecular complexity index is 1340. The molecule has 8 nitrogen and oxygen atoms in total. The number of carbonyl (C=O) groups excluding carboxylic acids is 1. The van der Waals surface area contributed by atoms with Crippen LogP contribution < -0.4 is 16.8 Å². The van der Waals surface area contributed by atoms with Crippen LogP contribution in [0.3, 0.4) is 0 Å². The number of rotatable bonds is 6. The second-order valence-electron chi connectivity index (χ2n) is 7.54. The molecule has 0 aliphatic rings. The number of imidazole rings is 1. The van der Waals surface area contributed by atoms with Crippen molar-refractivity contribution in [1.82, 2.24) is 9.55 Å². The summed E-state index contributed by atoms with van der Waals surface area (Å²) in [6.07, 6.45) is -0.0444. The van der Waals surface area contributed by atoms with Gasteiger partial charge in [-0.15, -0.1) is 0 Å². The van der Waals surface area contributed by atoms with E-state index >= 15 is 0 Å². The number of hydrogen-bond acceptors (Lipinski definition) is 5. The van der Waals surface area contributed by atoms with Gasteiger partial charge in [0, 0.05) is 16.8 Å². The number of anilines is 1. The van der Waals surface area contributed by atoms with Gasteiger partial charge in [-0.2, -0.15) is 0 Å². The Morgan fingerprint density at radius 2 is 1.94 bits per heavy atom. The number of phenolic OH excluding ortho intramolecular Hbond substituents is 1. The number of carbonyl (C=O) groups is 1. The van der Waals surface area contributed by atoms with E-state index in [2.05, 4.69) is 10.3 Å². The smallest absolute Gasteiger partial charge is 0.228 e. The number of nitrogens with one attached hydrogen (secondary N) is 2. The Morgan fingerprint density at radius 3 is 2.66 bits per heavy atom. The molecule has 0 saturated heterocycles. The first kappa shape index (κ1) is 21.1. The molecule has 3 aromatic carbocycles. The third-order valence-electron chi connectivity index (χ3n) is 5.28. The molecule has 32 heavy (non-hydrogen) atoms. The zero-order valence-electron chi connectivity index (χ0n) is 17.6. The fourth-order valence-electron chi connectivity index (χ4n) is 3.74. The summed E-state index contributed by atoms with van der Waals surface area (Å²) < 4.78 is 2.03. The lowest BCUT2D eigenvalue weighted by Gasteiger charge is -2.14. The third-order valence-corrected chi connectivity index (χ3v) is 5.28. The minimum atomic E-state index is -0.288. The van der Waals surface area contributed by atoms with Gasteiger partial charge in [0.1, 0.15) is 17.4 Å². The SMILES string of the molecule is Cc1cc(NC(=O)Cc2cc(C(=N)N)ccc2O)ccc1-n1c(CN)nc2ccccc21. The van der Waals surface area contributed by atoms with Gasteiger partial charge < -0.3 is 21.9 Å². The molecule has 7 N–H and O–H groups in total. The molecule has 0 radical (unpaired) electrons. The van der Waals surface area contributed by atoms with Crippen molar-refractivity contribution in [3.63, 3.8) is 0 Å². The maximum Gasteiger partial charge on any atom is 0.228 e. The number of aryl methyl sites for hydroxylation is 1. The third kappa shape index (κ3) is 4.03. The summed E-state index contributed by atoms with van der Waals surface area (Å²) in [5.74, 6) is 0.329. The number of aromatic hydroxyl groups is 1. The first-order valence-corrected chi connectivity index (χ1v) is 10.1. The molecule has 1 aromatic heterocycles. The van der Waals surface area contributed by atoms with Gasteiger partial charge >= 0.3 is 0 Å². The van der Waals surface area contributed by atoms with E-state index in [1.165, 1.54) is 12.1 Å². The molecule has 4 aromatic rings. The summed E-state index contributed by atoms with van der Waals surface area (Å²) in [5, 5.41) is 20.4. The van der Waals surface area contributed by atoms with Crippen molar-refractivity contribution in [1.29, 1.82) is 5.41 Å². The number of fused-ring (bicyclic) bond motifs is 1. The summed E-state index contributed by atoms with van der Waals surface area (Å²) in [5.41, 5.74) is 16.6. The number of aromatic nitrogens is 2. The van der Waals surface area contributed by atoms with Gasteiger partial charge in [0.05, 0.1) is 29.7 Å². The normalized spacial score (nSPS) is 10.9. The zero-order valence-corrected chi connectivity index (χ0v) is 17.6. The fraction of sp³-hybridized carbons (Fsp3) is 0.125. The number of nitrogens with two attached hydrogens (primary N) is 2. The number of phenols is 1. The molecule has 0 atom stereocenters. The first-order valence-electron chi connectivity index (χ1n) is 10.1. The molecule has 4 rings (SSSR count). The van der Waals surface area contributed by atoms with E-state index in [1.54, 1.807) is 6.07 Å². The number of amidine groups is 1. The standard InChI is InChI=1S/C24H24N6O2/c1-14-10-17(28-23(32)12-16-11-15(24(26)27)6-9-21(16)31)7-8-19(14)30-20-5-3-2-4-18(20)29-22(30)13-25/h2-11,31H,12-13,25H2,1H3,(H3,26,27)(H,28,32). The number of nitrogen functional groups attached to an aromatic ring is 1. The lowest BCUT2D eigenvalue weighted by molar-refractivity contribution is -0.115. The van der Waals surface area contributed by atoms with E-state index < -0.39 is 0 Å². The fourth-order valence-corrected chi connectivity index (χ4v) is 3.74. The molecule has 0 bridgehead atoms. The molecule has 0 aliphatic heterocycles. The Labute approximate surface area is 185 Å². The second kappa shape index (κ2) is 8.52. The van der Waals surface area contributed by atoms with Crippen molar-refractivity contribution in [2.24, 2.45) is 11.5 Å². The minimum Gasteiger partial charge on any atom is -0.508 e. The molecule has 8 heteroatoms. The van der Waals surface area contributed by atoms with E-state index in [0.29, 0.717) is 23.4 Å². The molecule has 1 amide bonds. The number of para-hydroxylation sites is 2. The van der Waals surface area contributed by atoms with E-state index in [9.17, 15) is 9.90 Å². The van der Waals surface area contributed by atoms with Crippen molar-refractivity contribution >= 4 is 28.5 Å². The van der Waals surface area contributed by atoms with Gasteiger partial charge in [-0.1, -0.05) is 12.1 Å². The average molecular weight is 428 g/mol. The van der Waals surface area contributed by atoms with Gasteiger partial charge in [-0.25, -0.2) is 4.98 Å². The van der Waals surface area contributed by atoms with E-state index in [1.807, 2.05) is 54.0 Å². The van der Waals surface area contributed by atoms with E-state index in [0.717, 1.165) is 28.1 Å². The molecule has 0 unspecified atom stereocenters. The molecule has 0 saturated carbocycles. The lowest BCUT2D eigenvalue weighted by atomic mass is 10.1. The Morgan fingerprint density at radius 1 is 1.16 bits per heavy atom. The van der Waals surface area contributed by atoms with Gasteiger partial charge in [0.25, 0.3) is 0 Å². The van der Waals surface area contributed by atoms with Crippen LogP contribution in [0.1, 0.15) is 22.5 Å². The zero-order chi connectivity index (χ0) is 22.8. The Hall–Kier alpha value is -4.17. The van der Waals surface area contributed by atoms with Crippen LogP contribution in [0.4, 0.5) is 5.69 Å². The molecule has 0 fully saturated rings. The van der Waals surface area contributed by atoms with Crippen LogP contribution in [0.2, 0.25) is 0 Å². The van der Waals surface area contributed by atoms with Crippen molar-refractivity contribution in [2.75, 3.05) is 5.32 Å². The highest BCUT2D eigenvalue weighted by atomic mass is 16.3. The van der Waals surface area contributed by atoms with E-state index in [4.69, 9.17) is 16.9 Å². The largest absolute Gasteiger partial charge is 0.508 e. The predicted octanol–water partition coefficient (Wildman–Crippen LogP) is 2.96. The first-order chi connectivity index (χ1) is 15.4. The number of benzene rings is 3. The number of nitrogens with zero attached hydrogens (tertiary/aromatic N) is 2.